The molecule has 1 amide bonds. The first-order valence-corrected chi connectivity index (χ1v) is 7.06. The molecular formula is C15H29N3O. The van der Waals surface area contributed by atoms with Gasteiger partial charge in [0.1, 0.15) is 0 Å². The van der Waals surface area contributed by atoms with E-state index < -0.39 is 0 Å². The Bertz CT molecular complexity index is 314. The first kappa shape index (κ1) is 17.9. The van der Waals surface area contributed by atoms with E-state index in [2.05, 4.69) is 26.8 Å². The molecule has 4 heteroatoms. The molecule has 0 aliphatic heterocycles. The quantitative estimate of drug-likeness (QED) is 0.770. The molecule has 0 rings (SSSR count). The Hall–Kier alpha value is -1.08. The number of carbonyl (C=O) groups is 1. The van der Waals surface area contributed by atoms with Gasteiger partial charge >= 0.3 is 0 Å². The third kappa shape index (κ3) is 6.58. The fraction of sp³-hybridized carbons (Fsp3) is 0.867. The van der Waals surface area contributed by atoms with E-state index >= 15 is 0 Å². The van der Waals surface area contributed by atoms with Crippen LogP contribution in [0.5, 0.6) is 0 Å². The second-order valence-electron chi connectivity index (χ2n) is 6.39. The average Bonchev–Trinajstić information content (AvgIpc) is 2.31. The lowest BCUT2D eigenvalue weighted by atomic mass is 9.76. The second-order valence-corrected chi connectivity index (χ2v) is 6.39. The molecule has 2 N–H and O–H groups in total. The Balaban J connectivity index is 4.37. The summed E-state index contributed by atoms with van der Waals surface area (Å²) in [7, 11) is 1.78. The maximum atomic E-state index is 12.1. The Labute approximate surface area is 118 Å². The lowest BCUT2D eigenvalue weighted by Gasteiger charge is -2.31. The molecule has 0 aliphatic rings. The van der Waals surface area contributed by atoms with E-state index in [-0.39, 0.29) is 17.4 Å². The van der Waals surface area contributed by atoms with Crippen LogP contribution in [0.15, 0.2) is 0 Å². The van der Waals surface area contributed by atoms with Gasteiger partial charge in [-0.3, -0.25) is 4.79 Å². The van der Waals surface area contributed by atoms with Gasteiger partial charge in [-0.1, -0.05) is 20.8 Å². The first-order chi connectivity index (χ1) is 8.73. The first-order valence-electron chi connectivity index (χ1n) is 7.06. The standard InChI is InChI=1S/C15H29N3O/c1-12(8-10-16)18(5)14(19)7-6-13(9-11-17)15(2,3)4/h12-13H,6-9,11,17H2,1-5H3. The Morgan fingerprint density at radius 2 is 1.95 bits per heavy atom. The van der Waals surface area contributed by atoms with Gasteiger partial charge in [-0.25, -0.2) is 0 Å². The number of amides is 1. The molecule has 0 radical (unpaired) electrons. The maximum Gasteiger partial charge on any atom is 0.222 e. The highest BCUT2D eigenvalue weighted by molar-refractivity contribution is 5.76. The lowest BCUT2D eigenvalue weighted by Crippen LogP contribution is -2.35. The van der Waals surface area contributed by atoms with Gasteiger partial charge in [0.05, 0.1) is 12.5 Å². The van der Waals surface area contributed by atoms with E-state index in [0.717, 1.165) is 12.8 Å². The minimum Gasteiger partial charge on any atom is -0.342 e. The van der Waals surface area contributed by atoms with Crippen LogP contribution in [0, 0.1) is 22.7 Å². The summed E-state index contributed by atoms with van der Waals surface area (Å²) in [6, 6.07) is 2.09. The zero-order valence-corrected chi connectivity index (χ0v) is 13.1. The van der Waals surface area contributed by atoms with Gasteiger partial charge < -0.3 is 10.6 Å². The van der Waals surface area contributed by atoms with Crippen LogP contribution in [0.2, 0.25) is 0 Å². The highest BCUT2D eigenvalue weighted by Crippen LogP contribution is 2.32. The molecule has 0 spiro atoms. The highest BCUT2D eigenvalue weighted by atomic mass is 16.2. The fourth-order valence-corrected chi connectivity index (χ4v) is 2.20. The molecule has 0 aliphatic carbocycles. The SMILES string of the molecule is CC(CC#N)N(C)C(=O)CCC(CCN)C(C)(C)C. The van der Waals surface area contributed by atoms with Gasteiger partial charge in [0.15, 0.2) is 0 Å². The van der Waals surface area contributed by atoms with Crippen LogP contribution in [-0.4, -0.2) is 30.4 Å². The molecule has 0 aromatic heterocycles. The van der Waals surface area contributed by atoms with Gasteiger partial charge in [0.25, 0.3) is 0 Å². The van der Waals surface area contributed by atoms with E-state index in [1.807, 2.05) is 6.92 Å². The van der Waals surface area contributed by atoms with E-state index in [1.165, 1.54) is 0 Å². The topological polar surface area (TPSA) is 70.1 Å². The normalized spacial score (nSPS) is 14.6. The van der Waals surface area contributed by atoms with Crippen LogP contribution < -0.4 is 5.73 Å². The van der Waals surface area contributed by atoms with Crippen LogP contribution >= 0.6 is 0 Å². The zero-order valence-electron chi connectivity index (χ0n) is 13.1. The van der Waals surface area contributed by atoms with Crippen molar-refractivity contribution in [3.05, 3.63) is 0 Å². The van der Waals surface area contributed by atoms with Gasteiger partial charge in [-0.15, -0.1) is 0 Å². The summed E-state index contributed by atoms with van der Waals surface area (Å²) in [5, 5.41) is 8.66. The molecule has 0 aromatic carbocycles. The molecule has 4 nitrogen and oxygen atoms in total. The summed E-state index contributed by atoms with van der Waals surface area (Å²) in [6.07, 6.45) is 2.74. The summed E-state index contributed by atoms with van der Waals surface area (Å²) >= 11 is 0. The smallest absolute Gasteiger partial charge is 0.222 e. The van der Waals surface area contributed by atoms with E-state index in [0.29, 0.717) is 25.3 Å². The Morgan fingerprint density at radius 3 is 2.37 bits per heavy atom. The van der Waals surface area contributed by atoms with Crippen LogP contribution in [0.25, 0.3) is 0 Å². The molecule has 2 atom stereocenters. The molecule has 2 unspecified atom stereocenters. The molecule has 0 heterocycles. The number of rotatable bonds is 7. The number of hydrogen-bond donors (Lipinski definition) is 1. The van der Waals surface area contributed by atoms with Gasteiger partial charge in [-0.2, -0.15) is 5.26 Å². The van der Waals surface area contributed by atoms with E-state index in [9.17, 15) is 4.79 Å². The summed E-state index contributed by atoms with van der Waals surface area (Å²) in [6.45, 7) is 9.15. The molecule has 0 aromatic rings. The van der Waals surface area contributed by atoms with Gasteiger partial charge in [0, 0.05) is 19.5 Å². The maximum absolute atomic E-state index is 12.1. The monoisotopic (exact) mass is 267 g/mol. The Morgan fingerprint density at radius 1 is 1.37 bits per heavy atom. The van der Waals surface area contributed by atoms with Crippen molar-refractivity contribution in [2.75, 3.05) is 13.6 Å². The number of nitrogens with two attached hydrogens (primary N) is 1. The van der Waals surface area contributed by atoms with Crippen molar-refractivity contribution in [1.82, 2.24) is 4.90 Å². The second kappa shape index (κ2) is 8.16. The van der Waals surface area contributed by atoms with Crippen molar-refractivity contribution in [3.63, 3.8) is 0 Å². The lowest BCUT2D eigenvalue weighted by molar-refractivity contribution is -0.132. The number of carbonyl (C=O) groups excluding carboxylic acids is 1. The van der Waals surface area contributed by atoms with Crippen molar-refractivity contribution < 1.29 is 4.79 Å². The molecule has 0 bridgehead atoms. The Kier molecular flexibility index (Phi) is 7.70. The van der Waals surface area contributed by atoms with Crippen molar-refractivity contribution in [2.45, 2.75) is 59.4 Å². The molecule has 110 valence electrons. The summed E-state index contributed by atoms with van der Waals surface area (Å²) in [5.74, 6) is 0.579. The molecule has 0 fully saturated rings. The number of hydrogen-bond acceptors (Lipinski definition) is 3. The predicted molar refractivity (Wildman–Crippen MR) is 78.3 cm³/mol. The molecule has 19 heavy (non-hydrogen) atoms. The zero-order chi connectivity index (χ0) is 15.1. The van der Waals surface area contributed by atoms with Gasteiger partial charge in [0.2, 0.25) is 5.91 Å². The van der Waals surface area contributed by atoms with Gasteiger partial charge in [-0.05, 0) is 37.6 Å². The van der Waals surface area contributed by atoms with E-state index in [4.69, 9.17) is 11.0 Å². The molecule has 0 saturated heterocycles. The van der Waals surface area contributed by atoms with E-state index in [1.54, 1.807) is 11.9 Å². The summed E-state index contributed by atoms with van der Waals surface area (Å²) < 4.78 is 0. The number of nitriles is 1. The summed E-state index contributed by atoms with van der Waals surface area (Å²) in [5.41, 5.74) is 5.83. The molecular weight excluding hydrogens is 238 g/mol. The highest BCUT2D eigenvalue weighted by Gasteiger charge is 2.25. The average molecular weight is 267 g/mol. The minimum absolute atomic E-state index is 0.0138. The van der Waals surface area contributed by atoms with Crippen LogP contribution in [0.1, 0.15) is 53.4 Å². The third-order valence-electron chi connectivity index (χ3n) is 3.89. The molecule has 0 saturated carbocycles. The van der Waals surface area contributed by atoms with Crippen molar-refractivity contribution in [2.24, 2.45) is 17.1 Å². The number of nitrogens with zero attached hydrogens (tertiary/aromatic N) is 2. The van der Waals surface area contributed by atoms with Crippen LogP contribution in [0.4, 0.5) is 0 Å². The van der Waals surface area contributed by atoms with Crippen LogP contribution in [0.3, 0.4) is 0 Å². The van der Waals surface area contributed by atoms with Crippen molar-refractivity contribution in [1.29, 1.82) is 5.26 Å². The predicted octanol–water partition coefficient (Wildman–Crippen LogP) is 2.54. The van der Waals surface area contributed by atoms with Crippen LogP contribution in [-0.2, 0) is 4.79 Å². The minimum atomic E-state index is -0.0138. The third-order valence-corrected chi connectivity index (χ3v) is 3.89. The fourth-order valence-electron chi connectivity index (χ4n) is 2.20. The summed E-state index contributed by atoms with van der Waals surface area (Å²) in [4.78, 5) is 13.8. The largest absolute Gasteiger partial charge is 0.342 e. The van der Waals surface area contributed by atoms with Crippen molar-refractivity contribution in [3.8, 4) is 6.07 Å². The van der Waals surface area contributed by atoms with Crippen molar-refractivity contribution >= 4 is 5.91 Å².